The molecule has 30 heavy (non-hydrogen) atoms. The zero-order valence-corrected chi connectivity index (χ0v) is 17.3. The van der Waals surface area contributed by atoms with E-state index in [1.54, 1.807) is 6.07 Å². The Kier molecular flexibility index (Phi) is 6.41. The molecule has 1 N–H and O–H groups in total. The van der Waals surface area contributed by atoms with Gasteiger partial charge < -0.3 is 24.3 Å². The summed E-state index contributed by atoms with van der Waals surface area (Å²) in [7, 11) is 4.19. The van der Waals surface area contributed by atoms with Crippen molar-refractivity contribution in [3.8, 4) is 17.2 Å². The predicted octanol–water partition coefficient (Wildman–Crippen LogP) is 4.29. The van der Waals surface area contributed by atoms with Gasteiger partial charge >= 0.3 is 5.97 Å². The second-order valence-corrected chi connectivity index (χ2v) is 6.33. The quantitative estimate of drug-likeness (QED) is 0.586. The van der Waals surface area contributed by atoms with E-state index in [0.717, 1.165) is 10.8 Å². The highest BCUT2D eigenvalue weighted by atomic mass is 16.5. The first-order chi connectivity index (χ1) is 14.5. The molecule has 0 aliphatic carbocycles. The lowest BCUT2D eigenvalue weighted by Crippen LogP contribution is -2.17. The lowest BCUT2D eigenvalue weighted by atomic mass is 10.0. The van der Waals surface area contributed by atoms with Gasteiger partial charge in [0.2, 0.25) is 0 Å². The zero-order chi connectivity index (χ0) is 21.7. The van der Waals surface area contributed by atoms with E-state index in [-0.39, 0.29) is 11.3 Å². The van der Waals surface area contributed by atoms with Crippen molar-refractivity contribution in [2.24, 2.45) is 0 Å². The molecule has 0 fully saturated rings. The average Bonchev–Trinajstić information content (AvgIpc) is 2.77. The highest BCUT2D eigenvalue weighted by molar-refractivity contribution is 6.11. The summed E-state index contributed by atoms with van der Waals surface area (Å²) >= 11 is 0. The standard InChI is InChI=1S/C23H23NO6/c1-5-30-19-11-15-9-7-6-8-14(15)10-17(19)22(25)24-18-13-21(28-3)20(27-2)12-16(18)23(26)29-4/h6-13H,5H2,1-4H3,(H,24,25). The fraction of sp³-hybridized carbons (Fsp3) is 0.217. The minimum atomic E-state index is -0.616. The molecule has 0 unspecified atom stereocenters. The fourth-order valence-corrected chi connectivity index (χ4v) is 3.12. The van der Waals surface area contributed by atoms with Crippen LogP contribution >= 0.6 is 0 Å². The summed E-state index contributed by atoms with van der Waals surface area (Å²) in [6, 6.07) is 14.2. The van der Waals surface area contributed by atoms with Crippen molar-refractivity contribution < 1.29 is 28.5 Å². The number of anilines is 1. The molecule has 0 bridgehead atoms. The molecule has 156 valence electrons. The Labute approximate surface area is 174 Å². The summed E-state index contributed by atoms with van der Waals surface area (Å²) < 4.78 is 21.1. The molecule has 0 aliphatic heterocycles. The number of hydrogen-bond acceptors (Lipinski definition) is 6. The van der Waals surface area contributed by atoms with Gasteiger partial charge in [-0.3, -0.25) is 4.79 Å². The first-order valence-corrected chi connectivity index (χ1v) is 9.33. The number of ether oxygens (including phenoxy) is 4. The van der Waals surface area contributed by atoms with Crippen LogP contribution in [0.3, 0.4) is 0 Å². The summed E-state index contributed by atoms with van der Waals surface area (Å²) in [5.74, 6) is 0.116. The van der Waals surface area contributed by atoms with Gasteiger partial charge in [-0.25, -0.2) is 4.79 Å². The second kappa shape index (κ2) is 9.17. The first kappa shape index (κ1) is 21.0. The van der Waals surface area contributed by atoms with Crippen LogP contribution in [0.4, 0.5) is 5.69 Å². The number of nitrogens with one attached hydrogen (secondary N) is 1. The van der Waals surface area contributed by atoms with Crippen LogP contribution in [0.5, 0.6) is 17.2 Å². The number of methoxy groups -OCH3 is 3. The Morgan fingerprint density at radius 2 is 1.47 bits per heavy atom. The van der Waals surface area contributed by atoms with Gasteiger partial charge in [0.25, 0.3) is 5.91 Å². The summed E-state index contributed by atoms with van der Waals surface area (Å²) in [5.41, 5.74) is 0.725. The summed E-state index contributed by atoms with van der Waals surface area (Å²) in [6.45, 7) is 2.25. The molecule has 0 saturated carbocycles. The Morgan fingerprint density at radius 1 is 0.833 bits per heavy atom. The van der Waals surface area contributed by atoms with Crippen molar-refractivity contribution in [3.63, 3.8) is 0 Å². The lowest BCUT2D eigenvalue weighted by Gasteiger charge is -2.16. The molecule has 3 aromatic rings. The molecule has 0 atom stereocenters. The number of rotatable bonds is 7. The van der Waals surface area contributed by atoms with E-state index < -0.39 is 11.9 Å². The number of carbonyl (C=O) groups is 2. The molecule has 1 amide bonds. The minimum absolute atomic E-state index is 0.141. The molecular formula is C23H23NO6. The summed E-state index contributed by atoms with van der Waals surface area (Å²) in [4.78, 5) is 25.4. The summed E-state index contributed by atoms with van der Waals surface area (Å²) in [5, 5.41) is 4.63. The third-order valence-corrected chi connectivity index (χ3v) is 4.57. The summed E-state index contributed by atoms with van der Waals surface area (Å²) in [6.07, 6.45) is 0. The molecule has 0 aromatic heterocycles. The Bertz CT molecular complexity index is 1090. The van der Waals surface area contributed by atoms with E-state index in [0.29, 0.717) is 29.4 Å². The number of amides is 1. The second-order valence-electron chi connectivity index (χ2n) is 6.33. The molecule has 7 heteroatoms. The smallest absolute Gasteiger partial charge is 0.340 e. The Hall–Kier alpha value is -3.74. The molecule has 0 radical (unpaired) electrons. The predicted molar refractivity (Wildman–Crippen MR) is 114 cm³/mol. The fourth-order valence-electron chi connectivity index (χ4n) is 3.12. The zero-order valence-electron chi connectivity index (χ0n) is 17.3. The van der Waals surface area contributed by atoms with Crippen LogP contribution < -0.4 is 19.5 Å². The number of hydrogen-bond donors (Lipinski definition) is 1. The van der Waals surface area contributed by atoms with Gasteiger partial charge in [-0.2, -0.15) is 0 Å². The molecule has 3 rings (SSSR count). The SMILES string of the molecule is CCOc1cc2ccccc2cc1C(=O)Nc1cc(OC)c(OC)cc1C(=O)OC. The van der Waals surface area contributed by atoms with Crippen LogP contribution in [0.15, 0.2) is 48.5 Å². The maximum atomic E-state index is 13.2. The Morgan fingerprint density at radius 3 is 2.07 bits per heavy atom. The normalized spacial score (nSPS) is 10.4. The van der Waals surface area contributed by atoms with Gasteiger partial charge in [0, 0.05) is 12.1 Å². The van der Waals surface area contributed by atoms with Crippen LogP contribution in [-0.2, 0) is 4.74 Å². The van der Waals surface area contributed by atoms with Crippen LogP contribution in [0, 0.1) is 0 Å². The van der Waals surface area contributed by atoms with E-state index in [1.807, 2.05) is 37.3 Å². The molecular weight excluding hydrogens is 386 g/mol. The monoisotopic (exact) mass is 409 g/mol. The van der Waals surface area contributed by atoms with Crippen molar-refractivity contribution in [1.29, 1.82) is 0 Å². The van der Waals surface area contributed by atoms with E-state index in [4.69, 9.17) is 18.9 Å². The van der Waals surface area contributed by atoms with Crippen molar-refractivity contribution in [1.82, 2.24) is 0 Å². The molecule has 0 heterocycles. The highest BCUT2D eigenvalue weighted by Crippen LogP contribution is 2.35. The lowest BCUT2D eigenvalue weighted by molar-refractivity contribution is 0.0601. The molecule has 0 aliphatic rings. The highest BCUT2D eigenvalue weighted by Gasteiger charge is 2.21. The van der Waals surface area contributed by atoms with Crippen LogP contribution in [-0.4, -0.2) is 39.8 Å². The van der Waals surface area contributed by atoms with Crippen LogP contribution in [0.1, 0.15) is 27.6 Å². The van der Waals surface area contributed by atoms with Gasteiger partial charge in [-0.15, -0.1) is 0 Å². The number of fused-ring (bicyclic) bond motifs is 1. The van der Waals surface area contributed by atoms with Gasteiger partial charge in [0.05, 0.1) is 44.8 Å². The van der Waals surface area contributed by atoms with Gasteiger partial charge in [-0.1, -0.05) is 24.3 Å². The number of benzene rings is 3. The van der Waals surface area contributed by atoms with Crippen LogP contribution in [0.2, 0.25) is 0 Å². The number of carbonyl (C=O) groups excluding carboxylic acids is 2. The van der Waals surface area contributed by atoms with Gasteiger partial charge in [0.15, 0.2) is 11.5 Å². The van der Waals surface area contributed by atoms with Crippen LogP contribution in [0.25, 0.3) is 10.8 Å². The molecule has 0 spiro atoms. The molecule has 3 aromatic carbocycles. The van der Waals surface area contributed by atoms with Crippen molar-refractivity contribution in [2.75, 3.05) is 33.3 Å². The van der Waals surface area contributed by atoms with Gasteiger partial charge in [0.1, 0.15) is 5.75 Å². The number of esters is 1. The maximum absolute atomic E-state index is 13.2. The first-order valence-electron chi connectivity index (χ1n) is 9.33. The third-order valence-electron chi connectivity index (χ3n) is 4.57. The maximum Gasteiger partial charge on any atom is 0.340 e. The molecule has 7 nitrogen and oxygen atoms in total. The van der Waals surface area contributed by atoms with E-state index in [1.165, 1.54) is 33.5 Å². The van der Waals surface area contributed by atoms with E-state index >= 15 is 0 Å². The largest absolute Gasteiger partial charge is 0.493 e. The van der Waals surface area contributed by atoms with Crippen molar-refractivity contribution >= 4 is 28.3 Å². The van der Waals surface area contributed by atoms with E-state index in [9.17, 15) is 9.59 Å². The van der Waals surface area contributed by atoms with Crippen molar-refractivity contribution in [2.45, 2.75) is 6.92 Å². The van der Waals surface area contributed by atoms with Crippen molar-refractivity contribution in [3.05, 3.63) is 59.7 Å². The topological polar surface area (TPSA) is 83.1 Å². The Balaban J connectivity index is 2.07. The van der Waals surface area contributed by atoms with Gasteiger partial charge in [-0.05, 0) is 29.8 Å². The molecule has 0 saturated heterocycles. The third kappa shape index (κ3) is 4.15. The average molecular weight is 409 g/mol. The minimum Gasteiger partial charge on any atom is -0.493 e. The van der Waals surface area contributed by atoms with E-state index in [2.05, 4.69) is 5.32 Å².